The van der Waals surface area contributed by atoms with Crippen molar-refractivity contribution in [3.63, 3.8) is 0 Å². The molecule has 0 aromatic heterocycles. The van der Waals surface area contributed by atoms with Gasteiger partial charge in [0.1, 0.15) is 0 Å². The number of carbonyl (C=O) groups is 4. The third-order valence-electron chi connectivity index (χ3n) is 2.11. The lowest BCUT2D eigenvalue weighted by Crippen LogP contribution is -2.00. The van der Waals surface area contributed by atoms with Crippen LogP contribution in [0.25, 0.3) is 0 Å². The molecule has 0 aliphatic rings. The molecule has 0 aromatic rings. The van der Waals surface area contributed by atoms with E-state index in [1.165, 1.54) is 7.11 Å². The Hall–Kier alpha value is -2.28. The lowest BCUT2D eigenvalue weighted by atomic mass is 10.3. The van der Waals surface area contributed by atoms with Crippen LogP contribution >= 0.6 is 0 Å². The van der Waals surface area contributed by atoms with E-state index in [1.807, 2.05) is 0 Å². The highest BCUT2D eigenvalue weighted by molar-refractivity contribution is 5.69. The second-order valence-corrected chi connectivity index (χ2v) is 4.13. The highest BCUT2D eigenvalue weighted by Crippen LogP contribution is 1.89. The van der Waals surface area contributed by atoms with Gasteiger partial charge in [-0.1, -0.05) is 0 Å². The molecule has 0 spiro atoms. The van der Waals surface area contributed by atoms with Gasteiger partial charge in [-0.15, -0.1) is 0 Å². The molecule has 0 atom stereocenters. The maximum Gasteiger partial charge on any atom is 0.305 e. The van der Waals surface area contributed by atoms with Crippen molar-refractivity contribution in [3.05, 3.63) is 0 Å². The summed E-state index contributed by atoms with van der Waals surface area (Å²) in [6.45, 7) is -11.5. The fraction of sp³-hybridized carbons (Fsp3) is 0.800. The summed E-state index contributed by atoms with van der Waals surface area (Å²) in [5.74, 6) is -4.20. The summed E-state index contributed by atoms with van der Waals surface area (Å²) in [5, 5.41) is 34.4. The van der Waals surface area contributed by atoms with Crippen molar-refractivity contribution >= 4 is 23.9 Å². The van der Waals surface area contributed by atoms with Gasteiger partial charge in [0.25, 0.3) is 0 Å². The molecule has 0 aromatic carbocycles. The molecule has 4 N–H and O–H groups in total. The van der Waals surface area contributed by atoms with Crippen molar-refractivity contribution in [1.82, 2.24) is 0 Å². The summed E-state index contributed by atoms with van der Waals surface area (Å²) in [4.78, 5) is 42.3. The number of hydrogen-bond acceptors (Lipinski definition) is 12. The van der Waals surface area contributed by atoms with Crippen molar-refractivity contribution in [3.8, 4) is 0 Å². The first-order chi connectivity index (χ1) is 20.8. The lowest BCUT2D eigenvalue weighted by Gasteiger charge is -1.93. The van der Waals surface area contributed by atoms with E-state index in [9.17, 15) is 19.2 Å². The Bertz CT molecular complexity index is 1020. The van der Waals surface area contributed by atoms with E-state index in [0.29, 0.717) is 0 Å². The standard InChI is InChI=1S/4C5H10O3/c4*1-8-5(7)3-2-4-6/h4*6H,2-4H2,1H3/i2D2,3D2,4D2;3D2,4D2;2D2,4D2;4D2. The van der Waals surface area contributed by atoms with Crippen LogP contribution in [0.15, 0.2) is 0 Å². The maximum absolute atomic E-state index is 10.8. The van der Waals surface area contributed by atoms with Gasteiger partial charge < -0.3 is 39.4 Å². The number of carbonyl (C=O) groups excluding carboxylic acids is 4. The second kappa shape index (κ2) is 33.4. The predicted molar refractivity (Wildman–Crippen MR) is 113 cm³/mol. The van der Waals surface area contributed by atoms with Crippen LogP contribution in [-0.4, -0.2) is 99.0 Å². The van der Waals surface area contributed by atoms with Crippen LogP contribution in [0.2, 0.25) is 0 Å². The molecule has 0 fully saturated rings. The van der Waals surface area contributed by atoms with Gasteiger partial charge >= 0.3 is 23.9 Å². The number of hydrogen-bond donors (Lipinski definition) is 4. The second-order valence-electron chi connectivity index (χ2n) is 4.13. The Morgan fingerprint density at radius 3 is 1.34 bits per heavy atom. The topological polar surface area (TPSA) is 186 Å². The van der Waals surface area contributed by atoms with Crippen LogP contribution in [0.5, 0.6) is 0 Å². The summed E-state index contributed by atoms with van der Waals surface area (Å²) in [7, 11) is 4.11. The molecule has 0 amide bonds. The third kappa shape index (κ3) is 42.0. The van der Waals surface area contributed by atoms with E-state index in [4.69, 9.17) is 42.4 Å². The fourth-order valence-corrected chi connectivity index (χ4v) is 0.758. The summed E-state index contributed by atoms with van der Waals surface area (Å²) in [6, 6.07) is 0. The van der Waals surface area contributed by atoms with Crippen LogP contribution < -0.4 is 0 Å². The van der Waals surface area contributed by atoms with Gasteiger partial charge in [0, 0.05) is 62.8 Å². The molecule has 0 rings (SSSR count). The number of methoxy groups -OCH3 is 4. The zero-order chi connectivity index (χ0) is 40.0. The zero-order valence-corrected chi connectivity index (χ0v) is 17.9. The molecule has 0 saturated heterocycles. The summed E-state index contributed by atoms with van der Waals surface area (Å²) >= 11 is 0. The van der Waals surface area contributed by atoms with Crippen molar-refractivity contribution in [2.45, 2.75) is 51.2 Å². The van der Waals surface area contributed by atoms with E-state index in [1.54, 1.807) is 0 Å². The Balaban J connectivity index is -0.000000271. The first-order valence-corrected chi connectivity index (χ1v) is 8.03. The van der Waals surface area contributed by atoms with E-state index in [0.717, 1.165) is 21.3 Å². The first-order valence-electron chi connectivity index (χ1n) is 16.0. The van der Waals surface area contributed by atoms with Gasteiger partial charge in [-0.05, 0) is 25.6 Å². The van der Waals surface area contributed by atoms with E-state index >= 15 is 0 Å². The van der Waals surface area contributed by atoms with E-state index < -0.39 is 88.4 Å². The van der Waals surface area contributed by atoms with Crippen molar-refractivity contribution in [1.29, 1.82) is 0 Å². The summed E-state index contributed by atoms with van der Waals surface area (Å²) in [5.41, 5.74) is 0. The average Bonchev–Trinajstić information content (AvgIpc) is 2.88. The normalized spacial score (nSPS) is 19.8. The molecular formula is C20H40O12. The highest BCUT2D eigenvalue weighted by Gasteiger charge is 1.97. The molecule has 192 valence electrons. The van der Waals surface area contributed by atoms with Gasteiger partial charge in [-0.2, -0.15) is 0 Å². The smallest absolute Gasteiger partial charge is 0.305 e. The Kier molecular flexibility index (Phi) is 14.7. The molecule has 0 bridgehead atoms. The molecule has 12 heteroatoms. The van der Waals surface area contributed by atoms with Crippen LogP contribution in [0, 0.1) is 0 Å². The maximum atomic E-state index is 10.8. The minimum atomic E-state index is -3.48. The molecule has 0 unspecified atom stereocenters. The lowest BCUT2D eigenvalue weighted by molar-refractivity contribution is -0.141. The van der Waals surface area contributed by atoms with Crippen LogP contribution in [0.4, 0.5) is 0 Å². The Morgan fingerprint density at radius 2 is 0.969 bits per heavy atom. The molecule has 0 aliphatic carbocycles. The zero-order valence-electron chi connectivity index (χ0n) is 33.9. The molecule has 0 heterocycles. The SMILES string of the molecule is [2H]C([2H])(O)C([2H])([2H])C([2H])([2H])C(=O)OC.[2H]C([2H])(O)C([2H])([2H])CC(=O)OC.[2H]C([2H])(O)CC([2H])([2H])C(=O)OC.[2H]C([2H])(O)CCC(=O)OC. The minimum absolute atomic E-state index is 0.0972. The molecular weight excluding hydrogens is 432 g/mol. The molecule has 32 heavy (non-hydrogen) atoms. The van der Waals surface area contributed by atoms with Gasteiger partial charge in [0.2, 0.25) is 0 Å². The van der Waals surface area contributed by atoms with Crippen LogP contribution in [0.1, 0.15) is 73.1 Å². The molecule has 12 nitrogen and oxygen atoms in total. The molecule has 0 radical (unpaired) electrons. The van der Waals surface area contributed by atoms with E-state index in [-0.39, 0.29) is 12.8 Å². The Morgan fingerprint density at radius 1 is 0.562 bits per heavy atom. The van der Waals surface area contributed by atoms with Crippen molar-refractivity contribution in [2.75, 3.05) is 54.7 Å². The summed E-state index contributed by atoms with van der Waals surface area (Å²) in [6.07, 6.45) is -13.8. The number of rotatable bonds is 12. The predicted octanol–water partition coefficient (Wildman–Crippen LogP) is -0.272. The number of ether oxygens (including phenoxy) is 4. The van der Waals surface area contributed by atoms with Crippen molar-refractivity contribution < 1.29 is 80.5 Å². The number of esters is 4. The average molecular weight is 489 g/mol. The van der Waals surface area contributed by atoms with Crippen molar-refractivity contribution in [2.24, 2.45) is 0 Å². The first kappa shape index (κ1) is 14.1. The number of aliphatic hydroxyl groups is 4. The highest BCUT2D eigenvalue weighted by atomic mass is 16.5. The summed E-state index contributed by atoms with van der Waals surface area (Å²) < 4.78 is 125. The van der Waals surface area contributed by atoms with Gasteiger partial charge in [0.05, 0.1) is 39.4 Å². The molecule has 0 saturated carbocycles. The monoisotopic (exact) mass is 488 g/mol. The van der Waals surface area contributed by atoms with Crippen LogP contribution in [0.3, 0.4) is 0 Å². The third-order valence-corrected chi connectivity index (χ3v) is 2.11. The van der Waals surface area contributed by atoms with Gasteiger partial charge in [0.15, 0.2) is 0 Å². The van der Waals surface area contributed by atoms with Gasteiger partial charge in [-0.25, -0.2) is 0 Å². The minimum Gasteiger partial charge on any atom is -0.469 e. The fourth-order valence-electron chi connectivity index (χ4n) is 0.758. The Labute approximate surface area is 211 Å². The van der Waals surface area contributed by atoms with Gasteiger partial charge in [-0.3, -0.25) is 19.2 Å². The largest absolute Gasteiger partial charge is 0.469 e. The molecule has 0 aliphatic heterocycles. The van der Waals surface area contributed by atoms with E-state index in [2.05, 4.69) is 18.9 Å². The van der Waals surface area contributed by atoms with Crippen LogP contribution in [-0.2, 0) is 38.1 Å². The quantitative estimate of drug-likeness (QED) is 0.208.